The van der Waals surface area contributed by atoms with Crippen molar-refractivity contribution in [3.05, 3.63) is 0 Å². The second-order valence-corrected chi connectivity index (χ2v) is 9.45. The summed E-state index contributed by atoms with van der Waals surface area (Å²) in [5.41, 5.74) is 0. The largest absolute Gasteiger partial charge is 0.306 e. The molecule has 1 heterocycles. The Hall–Kier alpha value is 0.480. The van der Waals surface area contributed by atoms with E-state index >= 15 is 0 Å². The van der Waals surface area contributed by atoms with Crippen molar-refractivity contribution in [2.45, 2.75) is 44.9 Å². The van der Waals surface area contributed by atoms with Gasteiger partial charge in [0.2, 0.25) is 0 Å². The fourth-order valence-electron chi connectivity index (χ4n) is 2.69. The van der Waals surface area contributed by atoms with Gasteiger partial charge < -0.3 is 4.57 Å². The molecule has 4 heteroatoms. The fourth-order valence-corrected chi connectivity index (χ4v) is 7.18. The van der Waals surface area contributed by atoms with Crippen LogP contribution in [0.5, 0.6) is 0 Å². The van der Waals surface area contributed by atoms with Crippen LogP contribution >= 0.6 is 18.9 Å². The summed E-state index contributed by atoms with van der Waals surface area (Å²) < 4.78 is 12.8. The molecule has 0 amide bonds. The molecule has 0 spiro atoms. The number of halogens is 1. The van der Waals surface area contributed by atoms with Crippen molar-refractivity contribution in [3.8, 4) is 0 Å². The lowest BCUT2D eigenvalue weighted by Gasteiger charge is -2.62. The molecule has 0 saturated carbocycles. The maximum Gasteiger partial charge on any atom is 0.159 e. The predicted octanol–water partition coefficient (Wildman–Crippen LogP) is 3.30. The number of alkyl halides is 1. The van der Waals surface area contributed by atoms with E-state index in [1.165, 1.54) is 0 Å². The topological polar surface area (TPSA) is 29.1 Å². The van der Waals surface area contributed by atoms with Gasteiger partial charge in [0, 0.05) is 22.7 Å². The molecule has 0 unspecified atom stereocenters. The first-order valence-corrected chi connectivity index (χ1v) is 7.37. The standard InChI is InChI=1S/C10H21ClNOP/c1-8-9(2,3)14(13,10(8,4)5)12-7-6-11/h8H,6-7H2,1-5H3,(H,12,13). The molecule has 1 saturated heterocycles. The van der Waals surface area contributed by atoms with E-state index in [1.54, 1.807) is 0 Å². The Morgan fingerprint density at radius 1 is 1.29 bits per heavy atom. The zero-order chi connectivity index (χ0) is 11.2. The van der Waals surface area contributed by atoms with Gasteiger partial charge in [-0.15, -0.1) is 11.6 Å². The summed E-state index contributed by atoms with van der Waals surface area (Å²) in [7, 11) is -2.31. The minimum atomic E-state index is -2.31. The Labute approximate surface area is 92.2 Å². The van der Waals surface area contributed by atoms with Gasteiger partial charge in [0.15, 0.2) is 7.29 Å². The molecule has 14 heavy (non-hydrogen) atoms. The van der Waals surface area contributed by atoms with Gasteiger partial charge >= 0.3 is 0 Å². The highest BCUT2D eigenvalue weighted by atomic mass is 35.5. The molecule has 2 nitrogen and oxygen atoms in total. The van der Waals surface area contributed by atoms with Crippen LogP contribution in [-0.4, -0.2) is 22.7 Å². The summed E-state index contributed by atoms with van der Waals surface area (Å²) in [4.78, 5) is 0. The van der Waals surface area contributed by atoms with E-state index in [0.29, 0.717) is 18.3 Å². The summed E-state index contributed by atoms with van der Waals surface area (Å²) in [5.74, 6) is 0.994. The molecule has 0 radical (unpaired) electrons. The van der Waals surface area contributed by atoms with Crippen LogP contribution in [0.3, 0.4) is 0 Å². The third kappa shape index (κ3) is 1.31. The number of nitrogens with one attached hydrogen (secondary N) is 1. The van der Waals surface area contributed by atoms with Gasteiger partial charge in [-0.3, -0.25) is 5.09 Å². The van der Waals surface area contributed by atoms with Crippen molar-refractivity contribution in [3.63, 3.8) is 0 Å². The van der Waals surface area contributed by atoms with Crippen molar-refractivity contribution in [1.29, 1.82) is 0 Å². The van der Waals surface area contributed by atoms with Gasteiger partial charge in [0.05, 0.1) is 0 Å². The molecule has 0 aliphatic carbocycles. The highest BCUT2D eigenvalue weighted by Crippen LogP contribution is 2.79. The summed E-state index contributed by atoms with van der Waals surface area (Å²) in [5, 5.41) is 2.99. The summed E-state index contributed by atoms with van der Waals surface area (Å²) in [6.45, 7) is 11.2. The van der Waals surface area contributed by atoms with Crippen LogP contribution in [-0.2, 0) is 4.57 Å². The van der Waals surface area contributed by atoms with Crippen molar-refractivity contribution in [2.24, 2.45) is 5.92 Å². The SMILES string of the molecule is CC1C(C)(C)P(=O)(NCCCl)C1(C)C. The third-order valence-electron chi connectivity index (χ3n) is 4.17. The van der Waals surface area contributed by atoms with Crippen molar-refractivity contribution >= 4 is 18.9 Å². The number of hydrogen-bond donors (Lipinski definition) is 1. The number of rotatable bonds is 3. The first-order chi connectivity index (χ1) is 6.22. The van der Waals surface area contributed by atoms with Gasteiger partial charge in [0.25, 0.3) is 0 Å². The summed E-state index contributed by atoms with van der Waals surface area (Å²) in [6, 6.07) is 0. The second-order valence-electron chi connectivity index (χ2n) is 5.24. The molecule has 0 aromatic carbocycles. The van der Waals surface area contributed by atoms with Crippen LogP contribution < -0.4 is 5.09 Å². The first kappa shape index (κ1) is 12.5. The van der Waals surface area contributed by atoms with E-state index < -0.39 is 7.29 Å². The van der Waals surface area contributed by atoms with Gasteiger partial charge in [-0.1, -0.05) is 34.6 Å². The molecular weight excluding hydrogens is 217 g/mol. The quantitative estimate of drug-likeness (QED) is 0.603. The van der Waals surface area contributed by atoms with Crippen LogP contribution in [0.15, 0.2) is 0 Å². The van der Waals surface area contributed by atoms with E-state index in [4.69, 9.17) is 11.6 Å². The van der Waals surface area contributed by atoms with E-state index in [9.17, 15) is 4.57 Å². The molecule has 84 valence electrons. The van der Waals surface area contributed by atoms with Gasteiger partial charge in [-0.2, -0.15) is 0 Å². The minimum absolute atomic E-state index is 0.0947. The van der Waals surface area contributed by atoms with Crippen molar-refractivity contribution in [2.75, 3.05) is 12.4 Å². The van der Waals surface area contributed by atoms with E-state index in [0.717, 1.165) is 0 Å². The summed E-state index contributed by atoms with van der Waals surface area (Å²) in [6.07, 6.45) is 0. The molecule has 0 atom stereocenters. The predicted molar refractivity (Wildman–Crippen MR) is 63.7 cm³/mol. The molecule has 0 aromatic rings. The van der Waals surface area contributed by atoms with Crippen LogP contribution in [0, 0.1) is 5.92 Å². The monoisotopic (exact) mass is 237 g/mol. The van der Waals surface area contributed by atoms with Crippen LogP contribution in [0.2, 0.25) is 0 Å². The molecule has 0 bridgehead atoms. The highest BCUT2D eigenvalue weighted by molar-refractivity contribution is 7.66. The minimum Gasteiger partial charge on any atom is -0.306 e. The molecule has 1 rings (SSSR count). The normalized spacial score (nSPS) is 39.1. The molecule has 1 N–H and O–H groups in total. The van der Waals surface area contributed by atoms with E-state index in [2.05, 4.69) is 39.7 Å². The van der Waals surface area contributed by atoms with Crippen molar-refractivity contribution < 1.29 is 4.57 Å². The lowest BCUT2D eigenvalue weighted by molar-refractivity contribution is 0.263. The second kappa shape index (κ2) is 3.50. The van der Waals surface area contributed by atoms with Crippen molar-refractivity contribution in [1.82, 2.24) is 5.09 Å². The van der Waals surface area contributed by atoms with Crippen LogP contribution in [0.1, 0.15) is 34.6 Å². The van der Waals surface area contributed by atoms with E-state index in [1.807, 2.05) is 0 Å². The fraction of sp³-hybridized carbons (Fsp3) is 1.00. The Bertz CT molecular complexity index is 255. The molecular formula is C10H21ClNOP. The number of hydrogen-bond acceptors (Lipinski definition) is 1. The van der Waals surface area contributed by atoms with Crippen LogP contribution in [0.25, 0.3) is 0 Å². The lowest BCUT2D eigenvalue weighted by atomic mass is 9.83. The zero-order valence-electron chi connectivity index (χ0n) is 9.72. The molecule has 1 fully saturated rings. The Kier molecular flexibility index (Phi) is 3.14. The Morgan fingerprint density at radius 3 is 2.07 bits per heavy atom. The average Bonchev–Trinajstić information content (AvgIpc) is 2.11. The zero-order valence-corrected chi connectivity index (χ0v) is 11.4. The molecule has 1 aliphatic heterocycles. The maximum absolute atomic E-state index is 12.8. The van der Waals surface area contributed by atoms with Gasteiger partial charge in [0.1, 0.15) is 0 Å². The molecule has 0 aromatic heterocycles. The third-order valence-corrected chi connectivity index (χ3v) is 9.05. The highest BCUT2D eigenvalue weighted by Gasteiger charge is 2.67. The molecule has 1 aliphatic rings. The van der Waals surface area contributed by atoms with Gasteiger partial charge in [-0.05, 0) is 5.92 Å². The smallest absolute Gasteiger partial charge is 0.159 e. The maximum atomic E-state index is 12.8. The van der Waals surface area contributed by atoms with Crippen LogP contribution in [0.4, 0.5) is 0 Å². The van der Waals surface area contributed by atoms with E-state index in [-0.39, 0.29) is 10.3 Å². The summed E-state index contributed by atoms with van der Waals surface area (Å²) >= 11 is 5.63. The van der Waals surface area contributed by atoms with Gasteiger partial charge in [-0.25, -0.2) is 0 Å². The Balaban J connectivity index is 2.91. The lowest BCUT2D eigenvalue weighted by Crippen LogP contribution is -2.61. The Morgan fingerprint density at radius 2 is 1.71 bits per heavy atom. The first-order valence-electron chi connectivity index (χ1n) is 5.13. The average molecular weight is 238 g/mol.